The largest absolute Gasteiger partial charge is 0.338 e. The summed E-state index contributed by atoms with van der Waals surface area (Å²) in [6, 6.07) is 7.57. The first-order valence-electron chi connectivity index (χ1n) is 6.49. The van der Waals surface area contributed by atoms with Gasteiger partial charge >= 0.3 is 6.03 Å². The normalized spacial score (nSPS) is 10.5. The molecule has 0 saturated heterocycles. The number of rotatable bonds is 7. The second kappa shape index (κ2) is 8.77. The predicted molar refractivity (Wildman–Crippen MR) is 79.7 cm³/mol. The Balaban J connectivity index is 2.10. The summed E-state index contributed by atoms with van der Waals surface area (Å²) in [6.45, 7) is 2.28. The average Bonchev–Trinajstić information content (AvgIpc) is 2.34. The highest BCUT2D eigenvalue weighted by Crippen LogP contribution is 2.10. The minimum atomic E-state index is -0.110. The summed E-state index contributed by atoms with van der Waals surface area (Å²) in [6.07, 6.45) is 1.74. The molecule has 5 heteroatoms. The molecule has 1 rings (SSSR count). The second-order valence-electron chi connectivity index (χ2n) is 4.72. The Morgan fingerprint density at radius 2 is 2.00 bits per heavy atom. The quantitative estimate of drug-likeness (QED) is 0.753. The number of hydrogen-bond donors (Lipinski definition) is 2. The smallest absolute Gasteiger partial charge is 0.314 e. The van der Waals surface area contributed by atoms with Crippen molar-refractivity contribution in [1.82, 2.24) is 15.5 Å². The van der Waals surface area contributed by atoms with Crippen LogP contribution in [-0.4, -0.2) is 44.7 Å². The molecule has 0 aliphatic heterocycles. The van der Waals surface area contributed by atoms with E-state index in [0.717, 1.165) is 30.0 Å². The summed E-state index contributed by atoms with van der Waals surface area (Å²) in [4.78, 5) is 13.6. The summed E-state index contributed by atoms with van der Waals surface area (Å²) in [5, 5.41) is 6.39. The maximum atomic E-state index is 11.5. The fourth-order valence-electron chi connectivity index (χ4n) is 1.67. The molecule has 0 spiro atoms. The van der Waals surface area contributed by atoms with Crippen molar-refractivity contribution in [3.8, 4) is 0 Å². The third-order valence-electron chi connectivity index (χ3n) is 2.66. The molecule has 2 N–H and O–H groups in total. The third-order valence-corrected chi connectivity index (χ3v) is 2.89. The predicted octanol–water partition coefficient (Wildman–Crippen LogP) is 2.13. The van der Waals surface area contributed by atoms with E-state index >= 15 is 0 Å². The van der Waals surface area contributed by atoms with Crippen LogP contribution in [0.1, 0.15) is 12.0 Å². The van der Waals surface area contributed by atoms with E-state index in [1.54, 1.807) is 0 Å². The molecule has 0 aliphatic carbocycles. The van der Waals surface area contributed by atoms with Gasteiger partial charge in [-0.15, -0.1) is 0 Å². The minimum Gasteiger partial charge on any atom is -0.338 e. The minimum absolute atomic E-state index is 0.110. The van der Waals surface area contributed by atoms with Crippen LogP contribution in [0.15, 0.2) is 24.3 Å². The van der Waals surface area contributed by atoms with Gasteiger partial charge in [-0.1, -0.05) is 23.7 Å². The third kappa shape index (κ3) is 7.70. The van der Waals surface area contributed by atoms with Crippen LogP contribution < -0.4 is 10.6 Å². The van der Waals surface area contributed by atoms with E-state index in [9.17, 15) is 4.79 Å². The molecule has 1 aromatic rings. The molecule has 4 nitrogen and oxygen atoms in total. The lowest BCUT2D eigenvalue weighted by molar-refractivity contribution is 0.240. The number of carbonyl (C=O) groups is 1. The number of hydrogen-bond acceptors (Lipinski definition) is 2. The highest BCUT2D eigenvalue weighted by Gasteiger charge is 2.00. The fourth-order valence-corrected chi connectivity index (χ4v) is 1.89. The Morgan fingerprint density at radius 3 is 2.68 bits per heavy atom. The van der Waals surface area contributed by atoms with Gasteiger partial charge in [-0.25, -0.2) is 4.79 Å². The second-order valence-corrected chi connectivity index (χ2v) is 5.16. The molecule has 0 fully saturated rings. The summed E-state index contributed by atoms with van der Waals surface area (Å²) in [7, 11) is 4.04. The lowest BCUT2D eigenvalue weighted by atomic mass is 10.1. The molecule has 0 heterocycles. The number of nitrogens with zero attached hydrogens (tertiary/aromatic N) is 1. The zero-order valence-electron chi connectivity index (χ0n) is 11.6. The van der Waals surface area contributed by atoms with E-state index in [1.165, 1.54) is 0 Å². The van der Waals surface area contributed by atoms with Crippen LogP contribution in [0, 0.1) is 0 Å². The number of benzene rings is 1. The van der Waals surface area contributed by atoms with Gasteiger partial charge in [0.25, 0.3) is 0 Å². The summed E-state index contributed by atoms with van der Waals surface area (Å²) in [5.74, 6) is 0. The maximum absolute atomic E-state index is 11.5. The number of amides is 2. The standard InChI is InChI=1S/C14H22ClN3O/c1-18(2)10-4-8-16-14(19)17-9-7-12-5-3-6-13(15)11-12/h3,5-6,11H,4,7-10H2,1-2H3,(H2,16,17,19). The Hall–Kier alpha value is -1.26. The van der Waals surface area contributed by atoms with Crippen molar-refractivity contribution < 1.29 is 4.79 Å². The summed E-state index contributed by atoms with van der Waals surface area (Å²) in [5.41, 5.74) is 1.13. The highest BCUT2D eigenvalue weighted by molar-refractivity contribution is 6.30. The summed E-state index contributed by atoms with van der Waals surface area (Å²) < 4.78 is 0. The van der Waals surface area contributed by atoms with Gasteiger partial charge in [0.2, 0.25) is 0 Å². The molecule has 1 aromatic carbocycles. The molecular formula is C14H22ClN3O. The van der Waals surface area contributed by atoms with Crippen LogP contribution in [0.2, 0.25) is 5.02 Å². The zero-order valence-corrected chi connectivity index (χ0v) is 12.3. The van der Waals surface area contributed by atoms with Crippen LogP contribution in [0.4, 0.5) is 4.79 Å². The van der Waals surface area contributed by atoms with Crippen LogP contribution >= 0.6 is 11.6 Å². The van der Waals surface area contributed by atoms with Crippen molar-refractivity contribution in [1.29, 1.82) is 0 Å². The molecule has 0 unspecified atom stereocenters. The van der Waals surface area contributed by atoms with Gasteiger partial charge in [0.05, 0.1) is 0 Å². The number of urea groups is 1. The van der Waals surface area contributed by atoms with E-state index < -0.39 is 0 Å². The monoisotopic (exact) mass is 283 g/mol. The lowest BCUT2D eigenvalue weighted by Crippen LogP contribution is -2.37. The maximum Gasteiger partial charge on any atom is 0.314 e. The van der Waals surface area contributed by atoms with Crippen LogP contribution in [-0.2, 0) is 6.42 Å². The van der Waals surface area contributed by atoms with E-state index in [2.05, 4.69) is 15.5 Å². The van der Waals surface area contributed by atoms with Gasteiger partial charge < -0.3 is 15.5 Å². The van der Waals surface area contributed by atoms with Crippen molar-refractivity contribution >= 4 is 17.6 Å². The Bertz CT molecular complexity index is 396. The van der Waals surface area contributed by atoms with Gasteiger partial charge in [0, 0.05) is 18.1 Å². The SMILES string of the molecule is CN(C)CCCNC(=O)NCCc1cccc(Cl)c1. The molecule has 0 radical (unpaired) electrons. The highest BCUT2D eigenvalue weighted by atomic mass is 35.5. The molecule has 0 aromatic heterocycles. The molecule has 0 bridgehead atoms. The first-order valence-corrected chi connectivity index (χ1v) is 6.86. The first kappa shape index (κ1) is 15.8. The van der Waals surface area contributed by atoms with Crippen molar-refractivity contribution in [2.45, 2.75) is 12.8 Å². The van der Waals surface area contributed by atoms with Gasteiger partial charge in [0.15, 0.2) is 0 Å². The van der Waals surface area contributed by atoms with E-state index in [0.29, 0.717) is 13.1 Å². The Labute approximate surface area is 120 Å². The first-order chi connectivity index (χ1) is 9.08. The van der Waals surface area contributed by atoms with Crippen LogP contribution in [0.25, 0.3) is 0 Å². The van der Waals surface area contributed by atoms with Gasteiger partial charge in [-0.2, -0.15) is 0 Å². The average molecular weight is 284 g/mol. The molecule has 0 atom stereocenters. The number of carbonyl (C=O) groups excluding carboxylic acids is 1. The zero-order chi connectivity index (χ0) is 14.1. The van der Waals surface area contributed by atoms with Crippen molar-refractivity contribution in [2.24, 2.45) is 0 Å². The molecule has 19 heavy (non-hydrogen) atoms. The van der Waals surface area contributed by atoms with Gasteiger partial charge in [0.1, 0.15) is 0 Å². The van der Waals surface area contributed by atoms with Gasteiger partial charge in [-0.05, 0) is 51.2 Å². The molecule has 0 saturated carbocycles. The van der Waals surface area contributed by atoms with Crippen molar-refractivity contribution in [3.63, 3.8) is 0 Å². The van der Waals surface area contributed by atoms with Crippen molar-refractivity contribution in [2.75, 3.05) is 33.7 Å². The Morgan fingerprint density at radius 1 is 1.26 bits per heavy atom. The number of halogens is 1. The van der Waals surface area contributed by atoms with E-state index in [-0.39, 0.29) is 6.03 Å². The topological polar surface area (TPSA) is 44.4 Å². The van der Waals surface area contributed by atoms with E-state index in [1.807, 2.05) is 38.4 Å². The van der Waals surface area contributed by atoms with Crippen LogP contribution in [0.3, 0.4) is 0 Å². The van der Waals surface area contributed by atoms with Crippen LogP contribution in [0.5, 0.6) is 0 Å². The van der Waals surface area contributed by atoms with Crippen molar-refractivity contribution in [3.05, 3.63) is 34.9 Å². The molecule has 0 aliphatic rings. The Kier molecular flexibility index (Phi) is 7.30. The molecular weight excluding hydrogens is 262 g/mol. The molecule has 106 valence electrons. The molecule has 2 amide bonds. The van der Waals surface area contributed by atoms with E-state index in [4.69, 9.17) is 11.6 Å². The summed E-state index contributed by atoms with van der Waals surface area (Å²) >= 11 is 5.89. The number of nitrogens with one attached hydrogen (secondary N) is 2. The lowest BCUT2D eigenvalue weighted by Gasteiger charge is -2.10. The fraction of sp³-hybridized carbons (Fsp3) is 0.500. The van der Waals surface area contributed by atoms with Gasteiger partial charge in [-0.3, -0.25) is 0 Å².